The highest BCUT2D eigenvalue weighted by Crippen LogP contribution is 2.31. The van der Waals surface area contributed by atoms with E-state index in [1.165, 1.54) is 0 Å². The van der Waals surface area contributed by atoms with Crippen molar-refractivity contribution in [2.75, 3.05) is 27.9 Å². The maximum Gasteiger partial charge on any atom is 0.173 e. The number of carbonyl (C=O) groups is 1. The zero-order valence-corrected chi connectivity index (χ0v) is 11.4. The molecule has 1 aromatic rings. The maximum atomic E-state index is 12.4. The smallest absolute Gasteiger partial charge is 0.173 e. The molecule has 0 radical (unpaired) electrons. The minimum absolute atomic E-state index is 0.0151. The summed E-state index contributed by atoms with van der Waals surface area (Å²) in [6, 6.07) is 5.33. The normalized spacial score (nSPS) is 12.0. The number of ketones is 1. The average Bonchev–Trinajstić information content (AvgIpc) is 2.42. The van der Waals surface area contributed by atoms with Crippen molar-refractivity contribution >= 4 is 5.78 Å². The van der Waals surface area contributed by atoms with Crippen molar-refractivity contribution in [3.05, 3.63) is 23.8 Å². The van der Waals surface area contributed by atoms with Crippen LogP contribution in [0.4, 0.5) is 0 Å². The topological polar surface area (TPSA) is 44.8 Å². The van der Waals surface area contributed by atoms with E-state index < -0.39 is 0 Å². The summed E-state index contributed by atoms with van der Waals surface area (Å²) in [5.74, 6) is 0.976. The fourth-order valence-corrected chi connectivity index (χ4v) is 1.77. The van der Waals surface area contributed by atoms with Gasteiger partial charge in [-0.1, -0.05) is 13.0 Å². The molecule has 4 heteroatoms. The van der Waals surface area contributed by atoms with Gasteiger partial charge in [-0.2, -0.15) is 0 Å². The number of hydrogen-bond acceptors (Lipinski definition) is 4. The van der Waals surface area contributed by atoms with Crippen LogP contribution < -0.4 is 9.47 Å². The van der Waals surface area contributed by atoms with E-state index in [1.54, 1.807) is 39.5 Å². The minimum atomic E-state index is -0.129. The van der Waals surface area contributed by atoms with Gasteiger partial charge in [0.15, 0.2) is 5.78 Å². The molecular weight excluding hydrogens is 232 g/mol. The highest BCUT2D eigenvalue weighted by atomic mass is 16.5. The quantitative estimate of drug-likeness (QED) is 0.700. The summed E-state index contributed by atoms with van der Waals surface area (Å²) in [6.07, 6.45) is 0.677. The lowest BCUT2D eigenvalue weighted by Gasteiger charge is -2.15. The second-order valence-corrected chi connectivity index (χ2v) is 4.08. The van der Waals surface area contributed by atoms with Crippen molar-refractivity contribution in [3.63, 3.8) is 0 Å². The van der Waals surface area contributed by atoms with Gasteiger partial charge in [-0.3, -0.25) is 4.79 Å². The molecule has 0 aliphatic rings. The van der Waals surface area contributed by atoms with Crippen molar-refractivity contribution in [3.8, 4) is 11.5 Å². The van der Waals surface area contributed by atoms with Gasteiger partial charge in [0, 0.05) is 19.6 Å². The largest absolute Gasteiger partial charge is 0.496 e. The van der Waals surface area contributed by atoms with E-state index in [0.29, 0.717) is 30.1 Å². The van der Waals surface area contributed by atoms with Crippen molar-refractivity contribution < 1.29 is 19.0 Å². The first kappa shape index (κ1) is 14.5. The van der Waals surface area contributed by atoms with E-state index in [1.807, 2.05) is 6.92 Å². The molecule has 18 heavy (non-hydrogen) atoms. The predicted molar refractivity (Wildman–Crippen MR) is 69.5 cm³/mol. The Morgan fingerprint density at radius 3 is 2.17 bits per heavy atom. The lowest BCUT2D eigenvalue weighted by molar-refractivity contribution is 0.0887. The van der Waals surface area contributed by atoms with Crippen LogP contribution in [0.2, 0.25) is 0 Å². The van der Waals surface area contributed by atoms with Gasteiger partial charge < -0.3 is 14.2 Å². The third-order valence-electron chi connectivity index (χ3n) is 2.88. The number of ether oxygens (including phenoxy) is 3. The first-order chi connectivity index (χ1) is 8.65. The maximum absolute atomic E-state index is 12.4. The lowest BCUT2D eigenvalue weighted by atomic mass is 9.95. The Morgan fingerprint density at radius 2 is 1.72 bits per heavy atom. The Balaban J connectivity index is 3.02. The number of Topliss-reactive ketones (excluding diaryl/α,β-unsaturated/α-hetero) is 1. The highest BCUT2D eigenvalue weighted by molar-refractivity contribution is 6.02. The van der Waals surface area contributed by atoms with Crippen LogP contribution in [0, 0.1) is 5.92 Å². The molecule has 4 nitrogen and oxygen atoms in total. The molecule has 0 fully saturated rings. The summed E-state index contributed by atoms with van der Waals surface area (Å²) in [6.45, 7) is 2.44. The first-order valence-electron chi connectivity index (χ1n) is 5.89. The Labute approximate surface area is 108 Å². The standard InChI is InChI=1S/C14H20O4/c1-10(8-9-16-2)14(15)13-11(17-3)6-5-7-12(13)18-4/h5-7,10H,8-9H2,1-4H3. The van der Waals surface area contributed by atoms with E-state index in [-0.39, 0.29) is 11.7 Å². The Bertz CT molecular complexity index is 379. The van der Waals surface area contributed by atoms with Gasteiger partial charge in [-0.05, 0) is 18.6 Å². The fourth-order valence-electron chi connectivity index (χ4n) is 1.77. The van der Waals surface area contributed by atoms with E-state index >= 15 is 0 Å². The third kappa shape index (κ3) is 3.23. The van der Waals surface area contributed by atoms with Gasteiger partial charge in [0.2, 0.25) is 0 Å². The number of carbonyl (C=O) groups excluding carboxylic acids is 1. The van der Waals surface area contributed by atoms with Gasteiger partial charge in [-0.25, -0.2) is 0 Å². The molecule has 1 rings (SSSR count). The zero-order chi connectivity index (χ0) is 13.5. The van der Waals surface area contributed by atoms with Gasteiger partial charge in [0.05, 0.1) is 14.2 Å². The Hall–Kier alpha value is -1.55. The van der Waals surface area contributed by atoms with Crippen LogP contribution in [-0.4, -0.2) is 33.7 Å². The van der Waals surface area contributed by atoms with Gasteiger partial charge in [0.1, 0.15) is 17.1 Å². The van der Waals surface area contributed by atoms with Crippen LogP contribution in [0.3, 0.4) is 0 Å². The summed E-state index contributed by atoms with van der Waals surface area (Å²) in [5, 5.41) is 0. The molecule has 0 aromatic heterocycles. The van der Waals surface area contributed by atoms with Crippen LogP contribution in [0.15, 0.2) is 18.2 Å². The summed E-state index contributed by atoms with van der Waals surface area (Å²) >= 11 is 0. The van der Waals surface area contributed by atoms with Crippen LogP contribution in [0.1, 0.15) is 23.7 Å². The van der Waals surface area contributed by atoms with E-state index in [4.69, 9.17) is 14.2 Å². The molecule has 1 atom stereocenters. The fraction of sp³-hybridized carbons (Fsp3) is 0.500. The van der Waals surface area contributed by atoms with Crippen LogP contribution in [0.5, 0.6) is 11.5 Å². The molecule has 100 valence electrons. The van der Waals surface area contributed by atoms with Crippen molar-refractivity contribution in [1.29, 1.82) is 0 Å². The molecule has 1 aromatic carbocycles. The van der Waals surface area contributed by atoms with Crippen LogP contribution >= 0.6 is 0 Å². The minimum Gasteiger partial charge on any atom is -0.496 e. The van der Waals surface area contributed by atoms with E-state index in [2.05, 4.69) is 0 Å². The van der Waals surface area contributed by atoms with Crippen LogP contribution in [0.25, 0.3) is 0 Å². The van der Waals surface area contributed by atoms with E-state index in [9.17, 15) is 4.79 Å². The molecule has 0 aliphatic carbocycles. The van der Waals surface area contributed by atoms with Gasteiger partial charge >= 0.3 is 0 Å². The predicted octanol–water partition coefficient (Wildman–Crippen LogP) is 2.56. The molecule has 0 saturated carbocycles. The molecule has 0 spiro atoms. The molecular formula is C14H20O4. The molecule has 0 amide bonds. The van der Waals surface area contributed by atoms with Crippen molar-refractivity contribution in [2.45, 2.75) is 13.3 Å². The average molecular weight is 252 g/mol. The SMILES string of the molecule is COCCC(C)C(=O)c1c(OC)cccc1OC. The van der Waals surface area contributed by atoms with Crippen molar-refractivity contribution in [1.82, 2.24) is 0 Å². The van der Waals surface area contributed by atoms with Crippen molar-refractivity contribution in [2.24, 2.45) is 5.92 Å². The summed E-state index contributed by atoms with van der Waals surface area (Å²) in [4.78, 5) is 12.4. The molecule has 0 heterocycles. The number of hydrogen-bond donors (Lipinski definition) is 0. The molecule has 0 aliphatic heterocycles. The second kappa shape index (κ2) is 7.01. The Morgan fingerprint density at radius 1 is 1.17 bits per heavy atom. The van der Waals surface area contributed by atoms with Gasteiger partial charge in [0.25, 0.3) is 0 Å². The Kier molecular flexibility index (Phi) is 5.65. The molecule has 1 unspecified atom stereocenters. The number of rotatable bonds is 7. The zero-order valence-electron chi connectivity index (χ0n) is 11.4. The molecule has 0 bridgehead atoms. The third-order valence-corrected chi connectivity index (χ3v) is 2.88. The monoisotopic (exact) mass is 252 g/mol. The van der Waals surface area contributed by atoms with E-state index in [0.717, 1.165) is 0 Å². The molecule has 0 saturated heterocycles. The number of benzene rings is 1. The molecule has 0 N–H and O–H groups in total. The summed E-state index contributed by atoms with van der Waals surface area (Å²) in [7, 11) is 4.72. The first-order valence-corrected chi connectivity index (χ1v) is 5.89. The van der Waals surface area contributed by atoms with Gasteiger partial charge in [-0.15, -0.1) is 0 Å². The summed E-state index contributed by atoms with van der Waals surface area (Å²) in [5.41, 5.74) is 0.506. The second-order valence-electron chi connectivity index (χ2n) is 4.08. The number of methoxy groups -OCH3 is 3. The summed E-state index contributed by atoms with van der Waals surface area (Å²) < 4.78 is 15.5. The van der Waals surface area contributed by atoms with Crippen LogP contribution in [-0.2, 0) is 4.74 Å². The lowest BCUT2D eigenvalue weighted by Crippen LogP contribution is -2.15. The highest BCUT2D eigenvalue weighted by Gasteiger charge is 2.22.